The molecule has 0 saturated heterocycles. The molecule has 0 spiro atoms. The van der Waals surface area contributed by atoms with Gasteiger partial charge in [0, 0.05) is 28.6 Å². The molecule has 0 aliphatic carbocycles. The van der Waals surface area contributed by atoms with E-state index in [1.165, 1.54) is 18.9 Å². The number of halogens is 2. The third-order valence-corrected chi connectivity index (χ3v) is 6.71. The van der Waals surface area contributed by atoms with Crippen LogP contribution in [0.5, 0.6) is 0 Å². The number of rotatable bonds is 8. The number of hydrogen-bond acceptors (Lipinski definition) is 6. The number of carbonyl (C=O) groups is 1. The molecule has 1 aliphatic heterocycles. The number of thioether (sulfide) groups is 1. The minimum absolute atomic E-state index is 0.112. The zero-order valence-corrected chi connectivity index (χ0v) is 20.0. The number of methoxy groups -OCH3 is 1. The lowest BCUT2D eigenvalue weighted by Crippen LogP contribution is -2.29. The molecule has 1 atom stereocenters. The summed E-state index contributed by atoms with van der Waals surface area (Å²) in [6, 6.07) is 17.1. The van der Waals surface area contributed by atoms with Crippen LogP contribution in [0, 0.1) is 11.3 Å². The Hall–Kier alpha value is -2.43. The van der Waals surface area contributed by atoms with E-state index in [-0.39, 0.29) is 13.2 Å². The number of dihydropyridines is 1. The Bertz CT molecular complexity index is 1110. The molecule has 0 unspecified atom stereocenters. The van der Waals surface area contributed by atoms with E-state index in [0.29, 0.717) is 43.2 Å². The Morgan fingerprint density at radius 3 is 2.47 bits per heavy atom. The van der Waals surface area contributed by atoms with E-state index in [1.54, 1.807) is 13.0 Å². The molecule has 2 aromatic carbocycles. The van der Waals surface area contributed by atoms with Gasteiger partial charge in [-0.2, -0.15) is 5.26 Å². The van der Waals surface area contributed by atoms with Crippen LogP contribution in [0.3, 0.4) is 0 Å². The maximum Gasteiger partial charge on any atom is 0.336 e. The van der Waals surface area contributed by atoms with Crippen molar-refractivity contribution in [3.05, 3.63) is 91.6 Å². The van der Waals surface area contributed by atoms with Crippen LogP contribution in [0.1, 0.15) is 24.0 Å². The van der Waals surface area contributed by atoms with Crippen LogP contribution >= 0.6 is 35.0 Å². The third kappa shape index (κ3) is 5.48. The zero-order valence-electron chi connectivity index (χ0n) is 17.7. The lowest BCUT2D eigenvalue weighted by atomic mass is 9.82. The molecule has 1 aliphatic rings. The van der Waals surface area contributed by atoms with E-state index in [0.717, 1.165) is 5.56 Å². The summed E-state index contributed by atoms with van der Waals surface area (Å²) >= 11 is 14.2. The van der Waals surface area contributed by atoms with E-state index in [2.05, 4.69) is 11.4 Å². The van der Waals surface area contributed by atoms with Crippen molar-refractivity contribution >= 4 is 40.9 Å². The average molecular weight is 489 g/mol. The van der Waals surface area contributed by atoms with Crippen LogP contribution < -0.4 is 5.32 Å². The first kappa shape index (κ1) is 24.2. The predicted octanol–water partition coefficient (Wildman–Crippen LogP) is 5.81. The summed E-state index contributed by atoms with van der Waals surface area (Å²) in [5.74, 6) is -0.609. The van der Waals surface area contributed by atoms with Crippen LogP contribution in [0.4, 0.5) is 0 Å². The monoisotopic (exact) mass is 488 g/mol. The highest BCUT2D eigenvalue weighted by Crippen LogP contribution is 2.43. The van der Waals surface area contributed by atoms with Gasteiger partial charge in [0.2, 0.25) is 0 Å². The summed E-state index contributed by atoms with van der Waals surface area (Å²) in [4.78, 5) is 13.0. The van der Waals surface area contributed by atoms with E-state index >= 15 is 0 Å². The fraction of sp³-hybridized carbons (Fsp3) is 0.250. The van der Waals surface area contributed by atoms with Crippen molar-refractivity contribution in [1.29, 1.82) is 5.26 Å². The molecule has 1 heterocycles. The van der Waals surface area contributed by atoms with Crippen molar-refractivity contribution in [2.75, 3.05) is 20.3 Å². The average Bonchev–Trinajstić information content (AvgIpc) is 2.78. The van der Waals surface area contributed by atoms with Gasteiger partial charge < -0.3 is 14.8 Å². The maximum absolute atomic E-state index is 13.0. The largest absolute Gasteiger partial charge is 0.460 e. The van der Waals surface area contributed by atoms with Gasteiger partial charge in [0.25, 0.3) is 0 Å². The van der Waals surface area contributed by atoms with Gasteiger partial charge in [-0.05, 0) is 30.2 Å². The quantitative estimate of drug-likeness (QED) is 0.373. The number of nitriles is 1. The summed E-state index contributed by atoms with van der Waals surface area (Å²) in [5.41, 5.74) is 2.98. The van der Waals surface area contributed by atoms with Gasteiger partial charge in [-0.1, -0.05) is 59.6 Å². The van der Waals surface area contributed by atoms with Crippen molar-refractivity contribution < 1.29 is 14.3 Å². The van der Waals surface area contributed by atoms with Crippen LogP contribution in [-0.2, 0) is 20.0 Å². The van der Waals surface area contributed by atoms with E-state index in [4.69, 9.17) is 32.7 Å². The Balaban J connectivity index is 2.01. The fourth-order valence-electron chi connectivity index (χ4n) is 3.38. The van der Waals surface area contributed by atoms with Gasteiger partial charge in [0.15, 0.2) is 0 Å². The van der Waals surface area contributed by atoms with Crippen molar-refractivity contribution in [1.82, 2.24) is 5.32 Å². The first-order chi connectivity index (χ1) is 15.5. The summed E-state index contributed by atoms with van der Waals surface area (Å²) in [7, 11) is 1.53. The van der Waals surface area contributed by atoms with Gasteiger partial charge in [-0.3, -0.25) is 0 Å². The number of hydrogen-bond donors (Lipinski definition) is 1. The highest BCUT2D eigenvalue weighted by atomic mass is 35.5. The number of carbonyl (C=O) groups excluding carboxylic acids is 1. The normalized spacial score (nSPS) is 15.9. The first-order valence-electron chi connectivity index (χ1n) is 9.86. The van der Waals surface area contributed by atoms with Gasteiger partial charge in [-0.15, -0.1) is 11.8 Å². The second-order valence-corrected chi connectivity index (χ2v) is 8.78. The number of benzene rings is 2. The standard InChI is InChI=1S/C24H22Cl2N2O3S/c1-15-21(24(29)31-12-11-30-2)22(17-8-4-6-10-20(17)26)18(13-27)23(28-15)32-14-16-7-3-5-9-19(16)25/h3-10,22,28H,11-12,14H2,1-2H3/t22-/m1/s1. The molecule has 8 heteroatoms. The topological polar surface area (TPSA) is 71.3 Å². The van der Waals surface area contributed by atoms with E-state index in [9.17, 15) is 10.1 Å². The van der Waals surface area contributed by atoms with Gasteiger partial charge in [0.1, 0.15) is 6.61 Å². The second kappa shape index (κ2) is 11.4. The van der Waals surface area contributed by atoms with Crippen molar-refractivity contribution in [2.45, 2.75) is 18.6 Å². The Morgan fingerprint density at radius 1 is 1.12 bits per heavy atom. The Morgan fingerprint density at radius 2 is 1.81 bits per heavy atom. The molecular weight excluding hydrogens is 467 g/mol. The summed E-state index contributed by atoms with van der Waals surface area (Å²) in [6.45, 7) is 2.18. The van der Waals surface area contributed by atoms with Crippen LogP contribution in [0.2, 0.25) is 10.0 Å². The predicted molar refractivity (Wildman–Crippen MR) is 128 cm³/mol. The molecule has 0 fully saturated rings. The molecule has 0 saturated carbocycles. The van der Waals surface area contributed by atoms with Crippen LogP contribution in [0.15, 0.2) is 70.4 Å². The molecule has 32 heavy (non-hydrogen) atoms. The number of nitrogens with zero attached hydrogens (tertiary/aromatic N) is 1. The number of esters is 1. The lowest BCUT2D eigenvalue weighted by molar-refractivity contribution is -0.140. The number of nitrogens with one attached hydrogen (secondary N) is 1. The molecule has 0 amide bonds. The van der Waals surface area contributed by atoms with Crippen molar-refractivity contribution in [2.24, 2.45) is 0 Å². The Kier molecular flexibility index (Phi) is 8.66. The van der Waals surface area contributed by atoms with Gasteiger partial charge >= 0.3 is 5.97 Å². The first-order valence-corrected chi connectivity index (χ1v) is 11.6. The highest BCUT2D eigenvalue weighted by Gasteiger charge is 2.36. The molecule has 5 nitrogen and oxygen atoms in total. The molecule has 0 aromatic heterocycles. The van der Waals surface area contributed by atoms with E-state index < -0.39 is 11.9 Å². The summed E-state index contributed by atoms with van der Waals surface area (Å²) in [5, 5.41) is 15.1. The molecule has 166 valence electrons. The van der Waals surface area contributed by atoms with Crippen molar-refractivity contribution in [3.63, 3.8) is 0 Å². The van der Waals surface area contributed by atoms with Gasteiger partial charge in [-0.25, -0.2) is 4.79 Å². The highest BCUT2D eigenvalue weighted by molar-refractivity contribution is 8.02. The SMILES string of the molecule is COCCOC(=O)C1=C(C)NC(SCc2ccccc2Cl)=C(C#N)[C@H]1c1ccccc1Cl. The smallest absolute Gasteiger partial charge is 0.336 e. The second-order valence-electron chi connectivity index (χ2n) is 6.98. The van der Waals surface area contributed by atoms with Crippen molar-refractivity contribution in [3.8, 4) is 6.07 Å². The molecule has 1 N–H and O–H groups in total. The summed E-state index contributed by atoms with van der Waals surface area (Å²) < 4.78 is 10.4. The Labute approximate surface area is 202 Å². The molecule has 2 aromatic rings. The minimum atomic E-state index is -0.654. The molecule has 0 bridgehead atoms. The molecular formula is C24H22Cl2N2O3S. The van der Waals surface area contributed by atoms with Crippen LogP contribution in [-0.4, -0.2) is 26.3 Å². The van der Waals surface area contributed by atoms with Crippen LogP contribution in [0.25, 0.3) is 0 Å². The lowest BCUT2D eigenvalue weighted by Gasteiger charge is -2.30. The minimum Gasteiger partial charge on any atom is -0.460 e. The fourth-order valence-corrected chi connectivity index (χ4v) is 5.00. The van der Waals surface area contributed by atoms with E-state index in [1.807, 2.05) is 42.5 Å². The number of allylic oxidation sites excluding steroid dienone is 2. The number of ether oxygens (including phenoxy) is 2. The van der Waals surface area contributed by atoms with Gasteiger partial charge in [0.05, 0.1) is 34.8 Å². The maximum atomic E-state index is 13.0. The molecule has 0 radical (unpaired) electrons. The zero-order chi connectivity index (χ0) is 23.1. The molecule has 3 rings (SSSR count). The third-order valence-electron chi connectivity index (χ3n) is 4.93. The summed E-state index contributed by atoms with van der Waals surface area (Å²) in [6.07, 6.45) is 0.